The van der Waals surface area contributed by atoms with E-state index >= 15 is 0 Å². The van der Waals surface area contributed by atoms with Crippen LogP contribution >= 0.6 is 0 Å². The van der Waals surface area contributed by atoms with Gasteiger partial charge >= 0.3 is 0 Å². The van der Waals surface area contributed by atoms with Crippen LogP contribution in [0.15, 0.2) is 83.9 Å². The number of aliphatic hydroxyl groups excluding tert-OH is 1. The van der Waals surface area contributed by atoms with E-state index in [-0.39, 0.29) is 19.6 Å². The molecule has 0 unspecified atom stereocenters. The summed E-state index contributed by atoms with van der Waals surface area (Å²) in [6, 6.07) is 24.1. The second-order valence-electron chi connectivity index (χ2n) is 8.80. The monoisotopic (exact) mass is 521 g/mol. The topological polar surface area (TPSA) is 101 Å². The van der Waals surface area contributed by atoms with Crippen LogP contribution in [0.2, 0.25) is 0 Å². The number of hydrogen-bond donors (Lipinski definition) is 3. The third-order valence-electron chi connectivity index (χ3n) is 6.16. The summed E-state index contributed by atoms with van der Waals surface area (Å²) in [5.74, 6) is 1.13. The number of halogens is 1. The third kappa shape index (κ3) is 6.30. The van der Waals surface area contributed by atoms with E-state index in [1.54, 1.807) is 19.2 Å². The zero-order chi connectivity index (χ0) is 26.8. The molecule has 2 atom stereocenters. The smallest absolute Gasteiger partial charge is 0.266 e. The Bertz CT molecular complexity index is 1220. The summed E-state index contributed by atoms with van der Waals surface area (Å²) in [5.41, 5.74) is 6.16. The van der Waals surface area contributed by atoms with Crippen molar-refractivity contribution < 1.29 is 28.5 Å². The summed E-state index contributed by atoms with van der Waals surface area (Å²) in [6.45, 7) is -0.216. The van der Waals surface area contributed by atoms with Gasteiger partial charge in [-0.2, -0.15) is 0 Å². The number of benzene rings is 3. The molecule has 0 aromatic heterocycles. The average Bonchev–Trinajstić information content (AvgIpc) is 3.34. The molecule has 1 heterocycles. The number of amides is 1. The minimum atomic E-state index is -1.40. The van der Waals surface area contributed by atoms with Crippen molar-refractivity contribution in [2.24, 2.45) is 4.99 Å². The van der Waals surface area contributed by atoms with Gasteiger partial charge in [0.1, 0.15) is 18.2 Å². The van der Waals surface area contributed by atoms with Gasteiger partial charge in [0, 0.05) is 31.6 Å². The quantitative estimate of drug-likeness (QED) is 0.235. The molecule has 3 aromatic carbocycles. The van der Waals surface area contributed by atoms with Gasteiger partial charge < -0.3 is 19.3 Å². The number of carbonyl (C=O) groups is 1. The average molecular weight is 522 g/mol. The Morgan fingerprint density at radius 3 is 2.58 bits per heavy atom. The van der Waals surface area contributed by atoms with Crippen molar-refractivity contribution in [3.63, 3.8) is 0 Å². The Labute approximate surface area is 221 Å². The molecule has 3 aromatic rings. The molecule has 8 nitrogen and oxygen atoms in total. The van der Waals surface area contributed by atoms with Crippen molar-refractivity contribution in [2.45, 2.75) is 24.5 Å². The van der Waals surface area contributed by atoms with E-state index in [1.165, 1.54) is 0 Å². The Hall–Kier alpha value is -3.95. The maximum absolute atomic E-state index is 13.8. The first-order valence-corrected chi connectivity index (χ1v) is 12.5. The van der Waals surface area contributed by atoms with Crippen molar-refractivity contribution in [3.8, 4) is 11.5 Å². The van der Waals surface area contributed by atoms with Crippen molar-refractivity contribution in [1.82, 2.24) is 10.9 Å². The maximum Gasteiger partial charge on any atom is 0.266 e. The number of methoxy groups -OCH3 is 1. The molecule has 0 fully saturated rings. The zero-order valence-electron chi connectivity index (χ0n) is 21.2. The van der Waals surface area contributed by atoms with Crippen LogP contribution in [0, 0.1) is 0 Å². The fraction of sp³-hybridized carbons (Fsp3) is 0.310. The Balaban J connectivity index is 1.76. The number of hydrogen-bond acceptors (Lipinski definition) is 7. The molecule has 0 saturated carbocycles. The molecule has 1 aliphatic heterocycles. The molecule has 3 N–H and O–H groups in total. The first-order valence-electron chi connectivity index (χ1n) is 12.5. The van der Waals surface area contributed by atoms with E-state index in [0.29, 0.717) is 41.6 Å². The van der Waals surface area contributed by atoms with E-state index in [4.69, 9.17) is 24.3 Å². The number of carbonyl (C=O) groups excluding carboxylic acids is 1. The predicted molar refractivity (Wildman–Crippen MR) is 142 cm³/mol. The highest BCUT2D eigenvalue weighted by Crippen LogP contribution is 2.43. The van der Waals surface area contributed by atoms with Gasteiger partial charge in [-0.1, -0.05) is 42.5 Å². The lowest BCUT2D eigenvalue weighted by Crippen LogP contribution is -2.54. The molecule has 1 aliphatic rings. The maximum atomic E-state index is 13.8. The summed E-state index contributed by atoms with van der Waals surface area (Å²) < 4.78 is 30.3. The number of nitrogens with zero attached hydrogens (tertiary/aromatic N) is 1. The van der Waals surface area contributed by atoms with E-state index in [9.17, 15) is 9.18 Å². The summed E-state index contributed by atoms with van der Waals surface area (Å²) in [5, 5.41) is 8.98. The number of nitrogens with one attached hydrogen (secondary N) is 2. The molecule has 0 radical (unpaired) electrons. The SMILES string of the molecule is COc1cccc([C@@H]2OC(c3ccc(OCCCO)cc3)=N[C@]2(Cc2ccccc2)C(=O)NNCCF)c1. The molecular weight excluding hydrogens is 489 g/mol. The minimum absolute atomic E-state index is 0.0356. The molecule has 0 saturated heterocycles. The molecule has 0 aliphatic carbocycles. The van der Waals surface area contributed by atoms with Gasteiger partial charge in [0.15, 0.2) is 11.6 Å². The van der Waals surface area contributed by atoms with Crippen LogP contribution in [0.1, 0.15) is 29.2 Å². The van der Waals surface area contributed by atoms with Gasteiger partial charge in [0.05, 0.1) is 13.7 Å². The summed E-state index contributed by atoms with van der Waals surface area (Å²) in [7, 11) is 1.57. The van der Waals surface area contributed by atoms with Crippen molar-refractivity contribution in [1.29, 1.82) is 0 Å². The fourth-order valence-electron chi connectivity index (χ4n) is 4.29. The van der Waals surface area contributed by atoms with Gasteiger partial charge in [-0.25, -0.2) is 14.8 Å². The highest BCUT2D eigenvalue weighted by molar-refractivity contribution is 6.01. The minimum Gasteiger partial charge on any atom is -0.497 e. The Morgan fingerprint density at radius 2 is 1.87 bits per heavy atom. The molecular formula is C29H32FN3O5. The molecule has 38 heavy (non-hydrogen) atoms. The molecule has 4 rings (SSSR count). The van der Waals surface area contributed by atoms with E-state index in [2.05, 4.69) is 10.9 Å². The van der Waals surface area contributed by atoms with Gasteiger partial charge in [-0.05, 0) is 47.5 Å². The van der Waals surface area contributed by atoms with Crippen LogP contribution in [0.4, 0.5) is 4.39 Å². The van der Waals surface area contributed by atoms with Crippen LogP contribution in [0.3, 0.4) is 0 Å². The molecule has 0 spiro atoms. The van der Waals surface area contributed by atoms with Gasteiger partial charge in [0.2, 0.25) is 5.90 Å². The Kier molecular flexibility index (Phi) is 9.29. The lowest BCUT2D eigenvalue weighted by Gasteiger charge is -2.31. The summed E-state index contributed by atoms with van der Waals surface area (Å²) in [6.07, 6.45) is -0.0154. The fourth-order valence-corrected chi connectivity index (χ4v) is 4.29. The third-order valence-corrected chi connectivity index (χ3v) is 6.16. The summed E-state index contributed by atoms with van der Waals surface area (Å²) in [4.78, 5) is 18.7. The van der Waals surface area contributed by atoms with E-state index in [1.807, 2.05) is 66.7 Å². The largest absolute Gasteiger partial charge is 0.497 e. The van der Waals surface area contributed by atoms with Crippen LogP contribution in [0.25, 0.3) is 0 Å². The standard InChI is InChI=1S/C29H32FN3O5/c1-36-25-10-5-9-23(19-25)26-29(28(35)33-31-16-15-30,20-21-7-3-2-4-8-21)32-27(38-26)22-11-13-24(14-12-22)37-18-6-17-34/h2-5,7-14,19,26,31,34H,6,15-18,20H2,1H3,(H,33,35)/t26-,29-/m0/s1. The van der Waals surface area contributed by atoms with Crippen molar-refractivity contribution in [2.75, 3.05) is 33.5 Å². The lowest BCUT2D eigenvalue weighted by atomic mass is 9.82. The van der Waals surface area contributed by atoms with Crippen LogP contribution in [-0.4, -0.2) is 56.0 Å². The van der Waals surface area contributed by atoms with Crippen LogP contribution < -0.4 is 20.3 Å². The summed E-state index contributed by atoms with van der Waals surface area (Å²) >= 11 is 0. The number of hydrazine groups is 1. The van der Waals surface area contributed by atoms with Crippen molar-refractivity contribution >= 4 is 11.8 Å². The second kappa shape index (κ2) is 13.0. The first kappa shape index (κ1) is 27.1. The van der Waals surface area contributed by atoms with E-state index < -0.39 is 24.2 Å². The highest BCUT2D eigenvalue weighted by Gasteiger charge is 2.53. The van der Waals surface area contributed by atoms with E-state index in [0.717, 1.165) is 5.56 Å². The molecule has 200 valence electrons. The predicted octanol–water partition coefficient (Wildman–Crippen LogP) is 3.55. The second-order valence-corrected chi connectivity index (χ2v) is 8.80. The molecule has 1 amide bonds. The van der Waals surface area contributed by atoms with Crippen LogP contribution in [-0.2, 0) is 16.0 Å². The zero-order valence-corrected chi connectivity index (χ0v) is 21.2. The van der Waals surface area contributed by atoms with Gasteiger partial charge in [0.25, 0.3) is 5.91 Å². The van der Waals surface area contributed by atoms with Gasteiger partial charge in [-0.15, -0.1) is 0 Å². The van der Waals surface area contributed by atoms with Gasteiger partial charge in [-0.3, -0.25) is 10.2 Å². The normalized spacial score (nSPS) is 18.4. The number of rotatable bonds is 13. The molecule has 9 heteroatoms. The Morgan fingerprint density at radius 1 is 1.08 bits per heavy atom. The number of aliphatic imine (C=N–C) groups is 1. The number of alkyl halides is 1. The van der Waals surface area contributed by atoms with Crippen LogP contribution in [0.5, 0.6) is 11.5 Å². The molecule has 0 bridgehead atoms. The number of ether oxygens (including phenoxy) is 3. The first-order chi connectivity index (χ1) is 18.6. The highest BCUT2D eigenvalue weighted by atomic mass is 19.1. The lowest BCUT2D eigenvalue weighted by molar-refractivity contribution is -0.130. The van der Waals surface area contributed by atoms with Crippen molar-refractivity contribution in [3.05, 3.63) is 95.6 Å². The number of aliphatic hydroxyl groups is 1.